The summed E-state index contributed by atoms with van der Waals surface area (Å²) in [5.41, 5.74) is 1.75. The normalized spacial score (nSPS) is 17.9. The van der Waals surface area contributed by atoms with E-state index in [1.165, 1.54) is 18.7 Å². The molecule has 0 bridgehead atoms. The first kappa shape index (κ1) is 12.4. The van der Waals surface area contributed by atoms with Crippen molar-refractivity contribution in [3.05, 3.63) is 29.8 Å². The lowest BCUT2D eigenvalue weighted by Gasteiger charge is -2.48. The maximum absolute atomic E-state index is 5.46. The van der Waals surface area contributed by atoms with E-state index in [-0.39, 0.29) is 0 Å². The molecule has 2 heteroatoms. The van der Waals surface area contributed by atoms with Gasteiger partial charge in [0.25, 0.3) is 0 Å². The Morgan fingerprint density at radius 1 is 1.18 bits per heavy atom. The van der Waals surface area contributed by atoms with Crippen molar-refractivity contribution in [2.24, 2.45) is 0 Å². The van der Waals surface area contributed by atoms with Gasteiger partial charge in [-0.05, 0) is 45.4 Å². The van der Waals surface area contributed by atoms with Gasteiger partial charge in [0.2, 0.25) is 0 Å². The summed E-state index contributed by atoms with van der Waals surface area (Å²) in [7, 11) is 0. The van der Waals surface area contributed by atoms with E-state index in [0.29, 0.717) is 11.5 Å². The van der Waals surface area contributed by atoms with Crippen LogP contribution in [-0.4, -0.2) is 30.1 Å². The average molecular weight is 233 g/mol. The molecule has 17 heavy (non-hydrogen) atoms. The molecule has 0 aromatic heterocycles. The number of ether oxygens (including phenoxy) is 1. The highest BCUT2D eigenvalue weighted by Gasteiger charge is 2.34. The van der Waals surface area contributed by atoms with Gasteiger partial charge in [-0.3, -0.25) is 4.90 Å². The van der Waals surface area contributed by atoms with Crippen molar-refractivity contribution in [3.63, 3.8) is 0 Å². The molecule has 1 saturated heterocycles. The molecule has 1 heterocycles. The van der Waals surface area contributed by atoms with E-state index in [2.05, 4.69) is 49.9 Å². The Morgan fingerprint density at radius 3 is 2.24 bits per heavy atom. The molecule has 2 rings (SSSR count). The van der Waals surface area contributed by atoms with E-state index in [1.807, 2.05) is 6.92 Å². The Labute approximate surface area is 105 Å². The highest BCUT2D eigenvalue weighted by Crippen LogP contribution is 2.32. The van der Waals surface area contributed by atoms with Crippen LogP contribution in [0.25, 0.3) is 0 Å². The van der Waals surface area contributed by atoms with Gasteiger partial charge in [-0.2, -0.15) is 0 Å². The molecule has 1 aromatic rings. The first-order chi connectivity index (χ1) is 8.00. The lowest BCUT2D eigenvalue weighted by molar-refractivity contribution is 0.0470. The van der Waals surface area contributed by atoms with E-state index < -0.39 is 0 Å². The fourth-order valence-corrected chi connectivity index (χ4v) is 2.24. The number of nitrogens with zero attached hydrogens (tertiary/aromatic N) is 1. The summed E-state index contributed by atoms with van der Waals surface area (Å²) in [5, 5.41) is 0. The van der Waals surface area contributed by atoms with Gasteiger partial charge in [-0.25, -0.2) is 0 Å². The summed E-state index contributed by atoms with van der Waals surface area (Å²) in [6, 6.07) is 8.57. The maximum Gasteiger partial charge on any atom is 0.119 e. The van der Waals surface area contributed by atoms with Gasteiger partial charge < -0.3 is 4.74 Å². The zero-order valence-corrected chi connectivity index (χ0v) is 11.4. The Kier molecular flexibility index (Phi) is 3.43. The molecular weight excluding hydrogens is 210 g/mol. The molecule has 1 aromatic carbocycles. The Morgan fingerprint density at radius 2 is 1.76 bits per heavy atom. The van der Waals surface area contributed by atoms with Crippen LogP contribution in [0, 0.1) is 0 Å². The summed E-state index contributed by atoms with van der Waals surface area (Å²) >= 11 is 0. The second kappa shape index (κ2) is 4.69. The van der Waals surface area contributed by atoms with Gasteiger partial charge in [0.1, 0.15) is 5.75 Å². The van der Waals surface area contributed by atoms with Gasteiger partial charge in [0, 0.05) is 24.5 Å². The van der Waals surface area contributed by atoms with E-state index in [4.69, 9.17) is 4.74 Å². The van der Waals surface area contributed by atoms with Gasteiger partial charge in [-0.1, -0.05) is 12.1 Å². The fourth-order valence-electron chi connectivity index (χ4n) is 2.24. The number of hydrogen-bond acceptors (Lipinski definition) is 2. The van der Waals surface area contributed by atoms with Gasteiger partial charge in [-0.15, -0.1) is 0 Å². The largest absolute Gasteiger partial charge is 0.494 e. The molecule has 94 valence electrons. The topological polar surface area (TPSA) is 12.5 Å². The molecule has 0 saturated carbocycles. The van der Waals surface area contributed by atoms with Crippen molar-refractivity contribution in [2.45, 2.75) is 39.2 Å². The van der Waals surface area contributed by atoms with Gasteiger partial charge in [0.05, 0.1) is 6.61 Å². The Balaban J connectivity index is 1.93. The zero-order chi connectivity index (χ0) is 12.5. The quantitative estimate of drug-likeness (QED) is 0.794. The van der Waals surface area contributed by atoms with Gasteiger partial charge in [0.15, 0.2) is 0 Å². The fraction of sp³-hybridized carbons (Fsp3) is 0.600. The number of likely N-dealkylation sites (tertiary alicyclic amines) is 1. The first-order valence-corrected chi connectivity index (χ1v) is 6.48. The van der Waals surface area contributed by atoms with Crippen LogP contribution in [0.2, 0.25) is 0 Å². The third-order valence-electron chi connectivity index (χ3n) is 3.49. The first-order valence-electron chi connectivity index (χ1n) is 6.48. The van der Waals surface area contributed by atoms with E-state index in [1.54, 1.807) is 0 Å². The third-order valence-corrected chi connectivity index (χ3v) is 3.49. The Bertz CT molecular complexity index is 358. The van der Waals surface area contributed by atoms with Crippen molar-refractivity contribution in [2.75, 3.05) is 19.7 Å². The van der Waals surface area contributed by atoms with Crippen LogP contribution in [-0.2, 0) is 0 Å². The highest BCUT2D eigenvalue weighted by molar-refractivity contribution is 5.31. The molecule has 0 atom stereocenters. The zero-order valence-electron chi connectivity index (χ0n) is 11.4. The second-order valence-electron chi connectivity index (χ2n) is 5.77. The van der Waals surface area contributed by atoms with E-state index in [0.717, 1.165) is 12.4 Å². The van der Waals surface area contributed by atoms with Crippen LogP contribution in [0.3, 0.4) is 0 Å². The molecule has 1 aliphatic heterocycles. The minimum atomic E-state index is 0.307. The molecule has 0 N–H and O–H groups in total. The van der Waals surface area contributed by atoms with Crippen LogP contribution in [0.4, 0.5) is 0 Å². The summed E-state index contributed by atoms with van der Waals surface area (Å²) < 4.78 is 5.46. The SMILES string of the molecule is CCOc1ccc(C2CN(C(C)(C)C)C2)cc1. The standard InChI is InChI=1S/C15H23NO/c1-5-17-14-8-6-12(7-9-14)13-10-16(11-13)15(2,3)4/h6-9,13H,5,10-11H2,1-4H3. The summed E-state index contributed by atoms with van der Waals surface area (Å²) in [4.78, 5) is 2.52. The van der Waals surface area contributed by atoms with Crippen LogP contribution >= 0.6 is 0 Å². The van der Waals surface area contributed by atoms with Crippen molar-refractivity contribution in [1.82, 2.24) is 4.90 Å². The maximum atomic E-state index is 5.46. The lowest BCUT2D eigenvalue weighted by atomic mass is 9.87. The molecule has 1 aliphatic rings. The molecule has 0 unspecified atom stereocenters. The molecule has 0 aliphatic carbocycles. The van der Waals surface area contributed by atoms with E-state index >= 15 is 0 Å². The average Bonchev–Trinajstić information content (AvgIpc) is 2.16. The number of hydrogen-bond donors (Lipinski definition) is 0. The lowest BCUT2D eigenvalue weighted by Crippen LogP contribution is -2.54. The van der Waals surface area contributed by atoms with Crippen LogP contribution in [0.15, 0.2) is 24.3 Å². The molecule has 0 amide bonds. The van der Waals surface area contributed by atoms with Crippen molar-refractivity contribution >= 4 is 0 Å². The predicted molar refractivity (Wildman–Crippen MR) is 71.7 cm³/mol. The Hall–Kier alpha value is -1.02. The smallest absolute Gasteiger partial charge is 0.119 e. The van der Waals surface area contributed by atoms with E-state index in [9.17, 15) is 0 Å². The van der Waals surface area contributed by atoms with Crippen LogP contribution in [0.5, 0.6) is 5.75 Å². The summed E-state index contributed by atoms with van der Waals surface area (Å²) in [6.07, 6.45) is 0. The molecule has 0 radical (unpaired) electrons. The molecule has 0 spiro atoms. The highest BCUT2D eigenvalue weighted by atomic mass is 16.5. The molecule has 2 nitrogen and oxygen atoms in total. The van der Waals surface area contributed by atoms with Crippen LogP contribution < -0.4 is 4.74 Å². The monoisotopic (exact) mass is 233 g/mol. The number of benzene rings is 1. The molecular formula is C15H23NO. The van der Waals surface area contributed by atoms with Crippen LogP contribution in [0.1, 0.15) is 39.2 Å². The molecule has 1 fully saturated rings. The van der Waals surface area contributed by atoms with Crippen molar-refractivity contribution < 1.29 is 4.74 Å². The van der Waals surface area contributed by atoms with Crippen molar-refractivity contribution in [1.29, 1.82) is 0 Å². The van der Waals surface area contributed by atoms with Gasteiger partial charge >= 0.3 is 0 Å². The number of rotatable bonds is 3. The minimum Gasteiger partial charge on any atom is -0.494 e. The summed E-state index contributed by atoms with van der Waals surface area (Å²) in [6.45, 7) is 11.9. The minimum absolute atomic E-state index is 0.307. The third kappa shape index (κ3) is 2.81. The predicted octanol–water partition coefficient (Wildman–Crippen LogP) is 3.28. The van der Waals surface area contributed by atoms with Crippen molar-refractivity contribution in [3.8, 4) is 5.75 Å². The second-order valence-corrected chi connectivity index (χ2v) is 5.77. The summed E-state index contributed by atoms with van der Waals surface area (Å²) in [5.74, 6) is 1.67.